The Morgan fingerprint density at radius 3 is 2.82 bits per heavy atom. The summed E-state index contributed by atoms with van der Waals surface area (Å²) >= 11 is 1.58. The quantitative estimate of drug-likeness (QED) is 0.440. The summed E-state index contributed by atoms with van der Waals surface area (Å²) in [6.45, 7) is 7.50. The van der Waals surface area contributed by atoms with Crippen molar-refractivity contribution in [1.29, 1.82) is 0 Å². The molecular weight excluding hydrogens is 437 g/mol. The second-order valence-electron chi connectivity index (χ2n) is 8.65. The molecule has 0 spiro atoms. The Bertz CT molecular complexity index is 1340. The van der Waals surface area contributed by atoms with Crippen LogP contribution in [0.3, 0.4) is 0 Å². The minimum absolute atomic E-state index is 0.0524. The van der Waals surface area contributed by atoms with Gasteiger partial charge in [-0.25, -0.2) is 9.07 Å². The standard InChI is InChI=1S/C25H26FN5OS/c1-15-7-4-11-21(16(15)2)27-24(32)18-8-6-12-30(14-18)25-28-23-22(33-25)17(3)29-31(23)20-10-5-9-19(26)13-20/h4-5,7,9-11,13,18H,6,8,12,14H2,1-3H3,(H,27,32)/t18-/m0/s1. The fourth-order valence-corrected chi connectivity index (χ4v) is 5.35. The number of hydrogen-bond acceptors (Lipinski definition) is 5. The molecule has 0 unspecified atom stereocenters. The maximum absolute atomic E-state index is 13.8. The zero-order valence-electron chi connectivity index (χ0n) is 18.9. The van der Waals surface area contributed by atoms with Gasteiger partial charge in [0, 0.05) is 18.8 Å². The molecule has 0 aliphatic carbocycles. The van der Waals surface area contributed by atoms with Gasteiger partial charge < -0.3 is 10.2 Å². The smallest absolute Gasteiger partial charge is 0.229 e. The van der Waals surface area contributed by atoms with Crippen molar-refractivity contribution in [2.45, 2.75) is 33.6 Å². The van der Waals surface area contributed by atoms with E-state index >= 15 is 0 Å². The SMILES string of the molecule is Cc1cccc(NC(=O)[C@H]2CCCN(c3nc4c(s3)c(C)nn4-c3cccc(F)c3)C2)c1C. The first kappa shape index (κ1) is 21.6. The molecule has 8 heteroatoms. The van der Waals surface area contributed by atoms with Crippen LogP contribution in [0.25, 0.3) is 16.0 Å². The third-order valence-corrected chi connectivity index (χ3v) is 7.57. The van der Waals surface area contributed by atoms with Gasteiger partial charge in [0.15, 0.2) is 10.8 Å². The summed E-state index contributed by atoms with van der Waals surface area (Å²) in [5.41, 5.74) is 5.37. The third-order valence-electron chi connectivity index (χ3n) is 6.36. The molecule has 1 amide bonds. The Morgan fingerprint density at radius 2 is 2.00 bits per heavy atom. The number of nitrogens with one attached hydrogen (secondary N) is 1. The lowest BCUT2D eigenvalue weighted by Gasteiger charge is -2.31. The molecule has 5 rings (SSSR count). The molecule has 1 aliphatic rings. The summed E-state index contributed by atoms with van der Waals surface area (Å²) in [5, 5.41) is 8.57. The number of hydrogen-bond donors (Lipinski definition) is 1. The molecule has 1 aliphatic heterocycles. The van der Waals surface area contributed by atoms with E-state index < -0.39 is 0 Å². The summed E-state index contributed by atoms with van der Waals surface area (Å²) in [5.74, 6) is -0.360. The number of piperidine rings is 1. The van der Waals surface area contributed by atoms with E-state index in [1.54, 1.807) is 22.1 Å². The largest absolute Gasteiger partial charge is 0.347 e. The summed E-state index contributed by atoms with van der Waals surface area (Å²) in [7, 11) is 0. The van der Waals surface area contributed by atoms with Gasteiger partial charge >= 0.3 is 0 Å². The molecule has 6 nitrogen and oxygen atoms in total. The number of rotatable bonds is 4. The Kier molecular flexibility index (Phi) is 5.62. The number of anilines is 2. The van der Waals surface area contributed by atoms with Gasteiger partial charge in [0.2, 0.25) is 5.91 Å². The molecule has 2 aromatic carbocycles. The number of nitrogens with zero attached hydrogens (tertiary/aromatic N) is 4. The molecule has 0 radical (unpaired) electrons. The lowest BCUT2D eigenvalue weighted by atomic mass is 9.97. The first-order chi connectivity index (χ1) is 15.9. The Labute approximate surface area is 196 Å². The van der Waals surface area contributed by atoms with Crippen LogP contribution in [0.4, 0.5) is 15.2 Å². The molecular formula is C25H26FN5OS. The molecule has 170 valence electrons. The second kappa shape index (κ2) is 8.59. The van der Waals surface area contributed by atoms with Crippen molar-refractivity contribution in [2.75, 3.05) is 23.3 Å². The first-order valence-corrected chi connectivity index (χ1v) is 12.0. The maximum atomic E-state index is 13.8. The normalized spacial score (nSPS) is 16.4. The average molecular weight is 464 g/mol. The molecule has 33 heavy (non-hydrogen) atoms. The van der Waals surface area contributed by atoms with Crippen molar-refractivity contribution in [3.63, 3.8) is 0 Å². The molecule has 2 aromatic heterocycles. The highest BCUT2D eigenvalue weighted by molar-refractivity contribution is 7.22. The fraction of sp³-hybridized carbons (Fsp3) is 0.320. The van der Waals surface area contributed by atoms with Crippen LogP contribution in [-0.4, -0.2) is 33.8 Å². The lowest BCUT2D eigenvalue weighted by Crippen LogP contribution is -2.40. The van der Waals surface area contributed by atoms with E-state index in [4.69, 9.17) is 4.98 Å². The average Bonchev–Trinajstić information content (AvgIpc) is 3.38. The second-order valence-corrected chi connectivity index (χ2v) is 9.63. The number of halogens is 1. The Morgan fingerprint density at radius 1 is 1.18 bits per heavy atom. The third kappa shape index (κ3) is 4.11. The number of carbonyl (C=O) groups is 1. The van der Waals surface area contributed by atoms with Gasteiger partial charge in [0.1, 0.15) is 5.82 Å². The van der Waals surface area contributed by atoms with Gasteiger partial charge in [0.25, 0.3) is 0 Å². The van der Waals surface area contributed by atoms with Gasteiger partial charge in [-0.3, -0.25) is 4.79 Å². The lowest BCUT2D eigenvalue weighted by molar-refractivity contribution is -0.120. The topological polar surface area (TPSA) is 63.1 Å². The van der Waals surface area contributed by atoms with Crippen LogP contribution < -0.4 is 10.2 Å². The zero-order valence-corrected chi connectivity index (χ0v) is 19.7. The molecule has 1 N–H and O–H groups in total. The molecule has 1 fully saturated rings. The van der Waals surface area contributed by atoms with Gasteiger partial charge in [-0.1, -0.05) is 29.5 Å². The number of carbonyl (C=O) groups excluding carboxylic acids is 1. The predicted octanol–water partition coefficient (Wildman–Crippen LogP) is 5.40. The van der Waals surface area contributed by atoms with Gasteiger partial charge in [0.05, 0.1) is 22.0 Å². The molecule has 1 saturated heterocycles. The van der Waals surface area contributed by atoms with E-state index in [1.165, 1.54) is 12.1 Å². The number of aromatic nitrogens is 3. The highest BCUT2D eigenvalue weighted by atomic mass is 32.1. The number of benzene rings is 2. The molecule has 0 saturated carbocycles. The van der Waals surface area contributed by atoms with Gasteiger partial charge in [-0.15, -0.1) is 0 Å². The maximum Gasteiger partial charge on any atom is 0.229 e. The number of fused-ring (bicyclic) bond motifs is 1. The van der Waals surface area contributed by atoms with Crippen molar-refractivity contribution >= 4 is 38.4 Å². The van der Waals surface area contributed by atoms with E-state index in [9.17, 15) is 9.18 Å². The summed E-state index contributed by atoms with van der Waals surface area (Å²) in [6.07, 6.45) is 1.78. The Hall–Kier alpha value is -3.26. The van der Waals surface area contributed by atoms with Crippen LogP contribution in [0.2, 0.25) is 0 Å². The van der Waals surface area contributed by atoms with Crippen molar-refractivity contribution in [1.82, 2.24) is 14.8 Å². The van der Waals surface area contributed by atoms with Crippen molar-refractivity contribution in [3.05, 3.63) is 65.1 Å². The van der Waals surface area contributed by atoms with Crippen molar-refractivity contribution < 1.29 is 9.18 Å². The minimum Gasteiger partial charge on any atom is -0.347 e. The zero-order chi connectivity index (χ0) is 23.1. The molecule has 1 atom stereocenters. The van der Waals surface area contributed by atoms with Crippen LogP contribution in [-0.2, 0) is 4.79 Å². The van der Waals surface area contributed by atoms with Crippen LogP contribution in [0.15, 0.2) is 42.5 Å². The van der Waals surface area contributed by atoms with Crippen LogP contribution in [0.5, 0.6) is 0 Å². The van der Waals surface area contributed by atoms with Crippen molar-refractivity contribution in [2.24, 2.45) is 5.92 Å². The van der Waals surface area contributed by atoms with Crippen LogP contribution in [0.1, 0.15) is 29.7 Å². The van der Waals surface area contributed by atoms with E-state index in [2.05, 4.69) is 15.3 Å². The molecule has 3 heterocycles. The monoisotopic (exact) mass is 463 g/mol. The number of amides is 1. The molecule has 0 bridgehead atoms. The van der Waals surface area contributed by atoms with Crippen LogP contribution >= 0.6 is 11.3 Å². The van der Waals surface area contributed by atoms with Crippen molar-refractivity contribution in [3.8, 4) is 5.69 Å². The fourth-order valence-electron chi connectivity index (χ4n) is 4.33. The van der Waals surface area contributed by atoms with E-state index in [0.717, 1.165) is 57.4 Å². The van der Waals surface area contributed by atoms with E-state index in [0.29, 0.717) is 12.2 Å². The number of thiazole rings is 1. The van der Waals surface area contributed by atoms with Crippen LogP contribution in [0, 0.1) is 32.5 Å². The number of aryl methyl sites for hydroxylation is 2. The minimum atomic E-state index is -0.307. The Balaban J connectivity index is 1.38. The van der Waals surface area contributed by atoms with E-state index in [-0.39, 0.29) is 17.6 Å². The molecule has 4 aromatic rings. The van der Waals surface area contributed by atoms with Gasteiger partial charge in [-0.05, 0) is 69.0 Å². The summed E-state index contributed by atoms with van der Waals surface area (Å²) in [4.78, 5) is 20.1. The van der Waals surface area contributed by atoms with Gasteiger partial charge in [-0.2, -0.15) is 10.1 Å². The summed E-state index contributed by atoms with van der Waals surface area (Å²) in [6, 6.07) is 12.3. The highest BCUT2D eigenvalue weighted by Gasteiger charge is 2.29. The summed E-state index contributed by atoms with van der Waals surface area (Å²) < 4.78 is 16.5. The highest BCUT2D eigenvalue weighted by Crippen LogP contribution is 2.34. The predicted molar refractivity (Wildman–Crippen MR) is 131 cm³/mol. The first-order valence-electron chi connectivity index (χ1n) is 11.1. The van der Waals surface area contributed by atoms with E-state index in [1.807, 2.05) is 45.0 Å².